The minimum Gasteiger partial charge on any atom is -0.489 e. The summed E-state index contributed by atoms with van der Waals surface area (Å²) in [4.78, 5) is 11.3. The van der Waals surface area contributed by atoms with Crippen LogP contribution in [-0.4, -0.2) is 12.4 Å². The molecule has 0 radical (unpaired) electrons. The molecule has 0 aliphatic rings. The molecule has 0 aliphatic heterocycles. The zero-order valence-corrected chi connectivity index (χ0v) is 9.54. The number of hydrogen-bond acceptors (Lipinski definition) is 2. The molecule has 0 atom stereocenters. The van der Waals surface area contributed by atoms with E-state index in [2.05, 4.69) is 0 Å². The molecule has 1 rings (SSSR count). The highest BCUT2D eigenvalue weighted by atomic mass is 35.5. The van der Waals surface area contributed by atoms with Gasteiger partial charge in [-0.3, -0.25) is 4.79 Å². The Labute approximate surface area is 94.5 Å². The van der Waals surface area contributed by atoms with Gasteiger partial charge in [-0.15, -0.1) is 0 Å². The number of benzene rings is 1. The van der Waals surface area contributed by atoms with Crippen LogP contribution in [0.3, 0.4) is 0 Å². The first-order valence-corrected chi connectivity index (χ1v) is 5.08. The van der Waals surface area contributed by atoms with Crippen molar-refractivity contribution in [1.29, 1.82) is 0 Å². The summed E-state index contributed by atoms with van der Waals surface area (Å²) in [6.45, 7) is 3.83. The standard InChI is InChI=1S/C12H13ClO2/c1-9-4-5-12(15-7-3-6-13)11(8-9)10(2)14/h3-6,8H,7H2,1-2H3/b6-3+. The van der Waals surface area contributed by atoms with E-state index in [1.54, 1.807) is 12.1 Å². The average molecular weight is 225 g/mol. The quantitative estimate of drug-likeness (QED) is 0.734. The molecule has 15 heavy (non-hydrogen) atoms. The van der Waals surface area contributed by atoms with Crippen LogP contribution in [0.1, 0.15) is 22.8 Å². The Morgan fingerprint density at radius 2 is 2.27 bits per heavy atom. The lowest BCUT2D eigenvalue weighted by molar-refractivity contribution is 0.101. The van der Waals surface area contributed by atoms with Crippen LogP contribution < -0.4 is 4.74 Å². The number of aryl methyl sites for hydroxylation is 1. The minimum atomic E-state index is 0.00329. The maximum absolute atomic E-state index is 11.3. The molecule has 1 aromatic rings. The Kier molecular flexibility index (Phi) is 4.37. The van der Waals surface area contributed by atoms with E-state index in [0.717, 1.165) is 5.56 Å². The third-order valence-electron chi connectivity index (χ3n) is 1.94. The van der Waals surface area contributed by atoms with E-state index in [9.17, 15) is 4.79 Å². The Bertz CT molecular complexity index is 383. The van der Waals surface area contributed by atoms with Crippen molar-refractivity contribution < 1.29 is 9.53 Å². The molecule has 0 aliphatic carbocycles. The summed E-state index contributed by atoms with van der Waals surface area (Å²) in [5.41, 5.74) is 3.04. The molecule has 0 aromatic heterocycles. The van der Waals surface area contributed by atoms with Gasteiger partial charge in [0.1, 0.15) is 12.4 Å². The van der Waals surface area contributed by atoms with E-state index in [1.165, 1.54) is 12.5 Å². The second-order valence-corrected chi connectivity index (χ2v) is 3.48. The Balaban J connectivity index is 2.90. The molecule has 0 saturated heterocycles. The molecular formula is C12H13ClO2. The van der Waals surface area contributed by atoms with Gasteiger partial charge >= 0.3 is 0 Å². The van der Waals surface area contributed by atoms with Crippen LogP contribution >= 0.6 is 11.6 Å². The first kappa shape index (κ1) is 11.8. The van der Waals surface area contributed by atoms with Crippen LogP contribution in [-0.2, 0) is 0 Å². The normalized spacial score (nSPS) is 10.6. The summed E-state index contributed by atoms with van der Waals surface area (Å²) in [7, 11) is 0. The van der Waals surface area contributed by atoms with Gasteiger partial charge in [0.2, 0.25) is 0 Å². The summed E-state index contributed by atoms with van der Waals surface area (Å²) < 4.78 is 5.40. The predicted octanol–water partition coefficient (Wildman–Crippen LogP) is 3.33. The van der Waals surface area contributed by atoms with Gasteiger partial charge in [-0.2, -0.15) is 0 Å². The largest absolute Gasteiger partial charge is 0.489 e. The van der Waals surface area contributed by atoms with Crippen molar-refractivity contribution in [2.75, 3.05) is 6.61 Å². The van der Waals surface area contributed by atoms with Gasteiger partial charge in [0, 0.05) is 5.54 Å². The molecule has 0 fully saturated rings. The fraction of sp³-hybridized carbons (Fsp3) is 0.250. The van der Waals surface area contributed by atoms with Gasteiger partial charge in [-0.25, -0.2) is 0 Å². The van der Waals surface area contributed by atoms with Crippen molar-refractivity contribution in [2.24, 2.45) is 0 Å². The highest BCUT2D eigenvalue weighted by Crippen LogP contribution is 2.20. The van der Waals surface area contributed by atoms with Crippen LogP contribution in [0.15, 0.2) is 29.8 Å². The number of Topliss-reactive ketones (excluding diaryl/α,β-unsaturated/α-hetero) is 1. The lowest BCUT2D eigenvalue weighted by Crippen LogP contribution is -2.01. The van der Waals surface area contributed by atoms with E-state index in [-0.39, 0.29) is 5.78 Å². The second kappa shape index (κ2) is 5.56. The molecule has 0 saturated carbocycles. The van der Waals surface area contributed by atoms with Crippen molar-refractivity contribution in [1.82, 2.24) is 0 Å². The van der Waals surface area contributed by atoms with Crippen LogP contribution in [0.5, 0.6) is 5.75 Å². The molecule has 3 heteroatoms. The van der Waals surface area contributed by atoms with Crippen molar-refractivity contribution in [3.8, 4) is 5.75 Å². The highest BCUT2D eigenvalue weighted by Gasteiger charge is 2.07. The fourth-order valence-electron chi connectivity index (χ4n) is 1.22. The zero-order valence-electron chi connectivity index (χ0n) is 8.79. The highest BCUT2D eigenvalue weighted by molar-refractivity contribution is 6.25. The molecule has 0 bridgehead atoms. The lowest BCUT2D eigenvalue weighted by Gasteiger charge is -2.08. The van der Waals surface area contributed by atoms with Gasteiger partial charge < -0.3 is 4.74 Å². The first-order valence-electron chi connectivity index (χ1n) is 4.64. The second-order valence-electron chi connectivity index (χ2n) is 3.23. The number of rotatable bonds is 4. The van der Waals surface area contributed by atoms with Crippen molar-refractivity contribution >= 4 is 17.4 Å². The van der Waals surface area contributed by atoms with Crippen LogP contribution in [0, 0.1) is 6.92 Å². The Morgan fingerprint density at radius 1 is 1.53 bits per heavy atom. The molecule has 80 valence electrons. The van der Waals surface area contributed by atoms with Gasteiger partial charge in [-0.05, 0) is 32.1 Å². The average Bonchev–Trinajstić information content (AvgIpc) is 2.20. The number of carbonyl (C=O) groups is 1. The van der Waals surface area contributed by atoms with E-state index >= 15 is 0 Å². The predicted molar refractivity (Wildman–Crippen MR) is 61.7 cm³/mol. The molecule has 0 N–H and O–H groups in total. The van der Waals surface area contributed by atoms with Crippen molar-refractivity contribution in [3.05, 3.63) is 40.9 Å². The maximum atomic E-state index is 11.3. The van der Waals surface area contributed by atoms with Crippen molar-refractivity contribution in [2.45, 2.75) is 13.8 Å². The van der Waals surface area contributed by atoms with Gasteiger partial charge in [0.25, 0.3) is 0 Å². The Hall–Kier alpha value is -1.28. The maximum Gasteiger partial charge on any atom is 0.163 e. The molecule has 1 aromatic carbocycles. The summed E-state index contributed by atoms with van der Waals surface area (Å²) in [5, 5.41) is 0. The van der Waals surface area contributed by atoms with Gasteiger partial charge in [-0.1, -0.05) is 23.2 Å². The third kappa shape index (κ3) is 3.40. The summed E-state index contributed by atoms with van der Waals surface area (Å²) in [6.07, 6.45) is 1.67. The number of ether oxygens (including phenoxy) is 1. The number of carbonyl (C=O) groups excluding carboxylic acids is 1. The van der Waals surface area contributed by atoms with Crippen LogP contribution in [0.4, 0.5) is 0 Å². The molecule has 0 amide bonds. The molecule has 0 unspecified atom stereocenters. The van der Waals surface area contributed by atoms with Gasteiger partial charge in [0.05, 0.1) is 5.56 Å². The van der Waals surface area contributed by atoms with E-state index < -0.39 is 0 Å². The SMILES string of the molecule is CC(=O)c1cc(C)ccc1OC/C=C/Cl. The molecular weight excluding hydrogens is 212 g/mol. The van der Waals surface area contributed by atoms with E-state index in [4.69, 9.17) is 16.3 Å². The van der Waals surface area contributed by atoms with Crippen molar-refractivity contribution in [3.63, 3.8) is 0 Å². The first-order chi connectivity index (χ1) is 7.15. The van der Waals surface area contributed by atoms with Gasteiger partial charge in [0.15, 0.2) is 5.78 Å². The topological polar surface area (TPSA) is 26.3 Å². The third-order valence-corrected chi connectivity index (χ3v) is 2.12. The van der Waals surface area contributed by atoms with E-state index in [1.807, 2.05) is 19.1 Å². The summed E-state index contributed by atoms with van der Waals surface area (Å²) >= 11 is 5.37. The molecule has 0 heterocycles. The fourth-order valence-corrected chi connectivity index (χ4v) is 1.29. The molecule has 0 spiro atoms. The molecule has 2 nitrogen and oxygen atoms in total. The Morgan fingerprint density at radius 3 is 2.87 bits per heavy atom. The number of hydrogen-bond donors (Lipinski definition) is 0. The van der Waals surface area contributed by atoms with Crippen LogP contribution in [0.2, 0.25) is 0 Å². The van der Waals surface area contributed by atoms with Crippen LogP contribution in [0.25, 0.3) is 0 Å². The lowest BCUT2D eigenvalue weighted by atomic mass is 10.1. The number of ketones is 1. The zero-order chi connectivity index (χ0) is 11.3. The monoisotopic (exact) mass is 224 g/mol. The summed E-state index contributed by atoms with van der Waals surface area (Å²) in [5.74, 6) is 0.603. The van der Waals surface area contributed by atoms with E-state index in [0.29, 0.717) is 17.9 Å². The number of halogens is 1. The minimum absolute atomic E-state index is 0.00329. The summed E-state index contributed by atoms with van der Waals surface area (Å²) in [6, 6.07) is 5.53. The smallest absolute Gasteiger partial charge is 0.163 e.